The molecule has 6 aromatic rings. The first-order valence-electron chi connectivity index (χ1n) is 13.7. The van der Waals surface area contributed by atoms with Gasteiger partial charge in [-0.2, -0.15) is 10.0 Å². The van der Waals surface area contributed by atoms with Crippen LogP contribution in [-0.4, -0.2) is 44.1 Å². The molecule has 200 valence electrons. The van der Waals surface area contributed by atoms with E-state index in [-0.39, 0.29) is 0 Å². The van der Waals surface area contributed by atoms with Gasteiger partial charge in [-0.3, -0.25) is 0 Å². The van der Waals surface area contributed by atoms with Crippen LogP contribution in [0.3, 0.4) is 0 Å². The van der Waals surface area contributed by atoms with Gasteiger partial charge in [-0.25, -0.2) is 30.0 Å². The van der Waals surface area contributed by atoms with E-state index in [0.29, 0.717) is 51.0 Å². The fourth-order valence-electron chi connectivity index (χ4n) is 6.43. The Kier molecular flexibility index (Phi) is 4.70. The number of benzene rings is 4. The minimum atomic E-state index is -2.76. The molecule has 6 heterocycles. The monoisotopic (exact) mass is 608 g/mol. The molecular weight excluding hydrogens is 594 g/mol. The van der Waals surface area contributed by atoms with Gasteiger partial charge in [-0.15, -0.1) is 0 Å². The molecule has 10 rings (SSSR count). The highest BCUT2D eigenvalue weighted by Gasteiger charge is 2.38. The predicted molar refractivity (Wildman–Crippen MR) is 172 cm³/mol. The summed E-state index contributed by atoms with van der Waals surface area (Å²) >= 11 is 4.04. The summed E-state index contributed by atoms with van der Waals surface area (Å²) in [5, 5.41) is 4.24. The zero-order valence-corrected chi connectivity index (χ0v) is 24.7. The van der Waals surface area contributed by atoms with Crippen LogP contribution in [0.25, 0.3) is 21.5 Å². The summed E-state index contributed by atoms with van der Waals surface area (Å²) in [5.74, 6) is 3.57. The van der Waals surface area contributed by atoms with E-state index in [2.05, 4.69) is 25.3 Å². The van der Waals surface area contributed by atoms with Gasteiger partial charge in [0.05, 0.1) is 5.02 Å². The number of fused-ring (bicyclic) bond motifs is 14. The van der Waals surface area contributed by atoms with E-state index in [4.69, 9.17) is 51.6 Å². The van der Waals surface area contributed by atoms with Crippen LogP contribution in [-0.2, 0) is 0 Å². The molecule has 0 fully saturated rings. The van der Waals surface area contributed by atoms with Crippen molar-refractivity contribution in [3.8, 4) is 0 Å². The molecular formula is C32H15AlCl2N8. The van der Waals surface area contributed by atoms with Crippen LogP contribution < -0.4 is 11.0 Å². The van der Waals surface area contributed by atoms with Crippen molar-refractivity contribution >= 4 is 91.8 Å². The molecule has 0 amide bonds. The topological polar surface area (TPSA) is 84.0 Å². The van der Waals surface area contributed by atoms with Crippen molar-refractivity contribution < 1.29 is 0 Å². The van der Waals surface area contributed by atoms with Crippen molar-refractivity contribution in [2.45, 2.75) is 0 Å². The number of aliphatic imine (C=N–C) groups is 4. The summed E-state index contributed by atoms with van der Waals surface area (Å²) in [6, 6.07) is 30.0. The third-order valence-electron chi connectivity index (χ3n) is 8.31. The van der Waals surface area contributed by atoms with Gasteiger partial charge in [0.1, 0.15) is 22.6 Å². The number of aromatic nitrogens is 2. The van der Waals surface area contributed by atoms with E-state index < -0.39 is 13.7 Å². The minimum Gasteiger partial charge on any atom is -0.370 e. The summed E-state index contributed by atoms with van der Waals surface area (Å²) in [5.41, 5.74) is 4.79. The van der Waals surface area contributed by atoms with Gasteiger partial charge < -0.3 is 7.10 Å². The van der Waals surface area contributed by atoms with E-state index >= 15 is 0 Å². The standard InChI is InChI=1S/C32H15ClN8.Al.ClH/c33-23-15-7-14-22-24(23)32-40-30-21-13-6-5-12-20(21)28(38-30)36-26-17-9-2-1-8-16(17)25(34-26)35-27-18-10-3-4-11-19(18)29(37-27)39-31(22)41-32;;/h1-15H;;1H/q-2;+3;/p-1. The molecule has 0 unspecified atom stereocenters. The highest BCUT2D eigenvalue weighted by Crippen LogP contribution is 2.41. The van der Waals surface area contributed by atoms with Crippen LogP contribution in [0.5, 0.6) is 0 Å². The number of nitrogens with zero attached hydrogens (tertiary/aromatic N) is 8. The third kappa shape index (κ3) is 3.12. The lowest BCUT2D eigenvalue weighted by atomic mass is 10.1. The second-order valence-corrected chi connectivity index (χ2v) is 13.8. The maximum atomic E-state index is 7.76. The minimum absolute atomic E-state index is 0.494. The third-order valence-corrected chi connectivity index (χ3v) is 11.6. The molecule has 43 heavy (non-hydrogen) atoms. The van der Waals surface area contributed by atoms with Gasteiger partial charge >= 0.3 is 13.7 Å². The first kappa shape index (κ1) is 23.9. The molecule has 0 radical (unpaired) electrons. The average Bonchev–Trinajstić information content (AvgIpc) is 3.74. The maximum absolute atomic E-state index is 7.76. The Hall–Kier alpha value is -4.65. The number of hydrogen-bond donors (Lipinski definition) is 0. The SMILES string of the molecule is Clc1cccc2c1C1=Nc3c4ccccc4c4[n]3[Al]([Cl])[n]3c(c5ccccc5c3=NC2=N1)=NC1=NC(=N4)c2ccccc21. The predicted octanol–water partition coefficient (Wildman–Crippen LogP) is 5.81. The van der Waals surface area contributed by atoms with Gasteiger partial charge in [0, 0.05) is 43.8 Å². The molecule has 0 spiro atoms. The Labute approximate surface area is 257 Å². The maximum Gasteiger partial charge on any atom is 0.722 e. The molecule has 6 bridgehead atoms. The Bertz CT molecular complexity index is 2550. The Morgan fingerprint density at radius 1 is 0.465 bits per heavy atom. The van der Waals surface area contributed by atoms with Crippen molar-refractivity contribution in [2.24, 2.45) is 30.0 Å². The van der Waals surface area contributed by atoms with Crippen LogP contribution >= 0.6 is 21.7 Å². The number of amidine groups is 4. The second kappa shape index (κ2) is 8.47. The summed E-state index contributed by atoms with van der Waals surface area (Å²) in [6.07, 6.45) is 0. The second-order valence-electron chi connectivity index (χ2n) is 10.6. The fourth-order valence-corrected chi connectivity index (χ4v) is 9.62. The van der Waals surface area contributed by atoms with Crippen LogP contribution in [0.2, 0.25) is 5.02 Å². The molecule has 4 aromatic carbocycles. The van der Waals surface area contributed by atoms with E-state index in [9.17, 15) is 0 Å². The van der Waals surface area contributed by atoms with Gasteiger partial charge in [-0.1, -0.05) is 96.5 Å². The van der Waals surface area contributed by atoms with Crippen molar-refractivity contribution in [3.63, 3.8) is 0 Å². The molecule has 0 aliphatic carbocycles. The number of halogens is 2. The largest absolute Gasteiger partial charge is 0.722 e. The van der Waals surface area contributed by atoms with E-state index in [1.165, 1.54) is 0 Å². The molecule has 8 nitrogen and oxygen atoms in total. The quantitative estimate of drug-likeness (QED) is 0.195. The lowest BCUT2D eigenvalue weighted by Gasteiger charge is -2.15. The van der Waals surface area contributed by atoms with Gasteiger partial charge in [0.2, 0.25) is 0 Å². The van der Waals surface area contributed by atoms with Gasteiger partial charge in [0.25, 0.3) is 0 Å². The van der Waals surface area contributed by atoms with Crippen LogP contribution in [0.15, 0.2) is 121 Å². The molecule has 4 aliphatic heterocycles. The zero-order valence-electron chi connectivity index (χ0n) is 22.1. The van der Waals surface area contributed by atoms with Crippen molar-refractivity contribution in [3.05, 3.63) is 129 Å². The summed E-state index contributed by atoms with van der Waals surface area (Å²) in [6.45, 7) is 0. The number of hydrogen-bond acceptors (Lipinski definition) is 6. The van der Waals surface area contributed by atoms with Crippen molar-refractivity contribution in [1.82, 2.24) is 7.10 Å². The van der Waals surface area contributed by atoms with Gasteiger partial charge in [0.15, 0.2) is 23.3 Å². The molecule has 0 atom stereocenters. The van der Waals surface area contributed by atoms with Crippen LogP contribution in [0.4, 0.5) is 11.6 Å². The molecule has 11 heteroatoms. The molecule has 0 N–H and O–H groups in total. The lowest BCUT2D eigenvalue weighted by Crippen LogP contribution is -2.43. The Morgan fingerprint density at radius 3 is 1.60 bits per heavy atom. The van der Waals surface area contributed by atoms with E-state index in [1.807, 2.05) is 72.8 Å². The van der Waals surface area contributed by atoms with Crippen molar-refractivity contribution in [1.29, 1.82) is 0 Å². The zero-order chi connectivity index (χ0) is 28.4. The molecule has 0 saturated carbocycles. The smallest absolute Gasteiger partial charge is 0.370 e. The van der Waals surface area contributed by atoms with Crippen LogP contribution in [0, 0.1) is 0 Å². The highest BCUT2D eigenvalue weighted by atomic mass is 35.6. The normalized spacial score (nSPS) is 15.6. The van der Waals surface area contributed by atoms with E-state index in [1.54, 1.807) is 0 Å². The number of rotatable bonds is 0. The first-order valence-corrected chi connectivity index (χ1v) is 16.9. The lowest BCUT2D eigenvalue weighted by molar-refractivity contribution is 0.983. The average molecular weight is 609 g/mol. The van der Waals surface area contributed by atoms with Gasteiger partial charge in [-0.05, 0) is 6.07 Å². The summed E-state index contributed by atoms with van der Waals surface area (Å²) in [4.78, 5) is 30.8. The van der Waals surface area contributed by atoms with Crippen LogP contribution in [0.1, 0.15) is 22.3 Å². The Balaban J connectivity index is 1.50. The first-order chi connectivity index (χ1) is 21.2. The summed E-state index contributed by atoms with van der Waals surface area (Å²) < 4.78 is 4.15. The molecule has 0 saturated heterocycles. The molecule has 4 aliphatic rings. The van der Waals surface area contributed by atoms with Crippen molar-refractivity contribution in [2.75, 3.05) is 0 Å². The molecule has 2 aromatic heterocycles. The Morgan fingerprint density at radius 2 is 0.953 bits per heavy atom. The van der Waals surface area contributed by atoms with E-state index in [0.717, 1.165) is 43.8 Å². The summed E-state index contributed by atoms with van der Waals surface area (Å²) in [7, 11) is 7.76. The highest BCUT2D eigenvalue weighted by molar-refractivity contribution is 7.05. The fraction of sp³-hybridized carbons (Fsp3) is 0.